The molecule has 4 heteroatoms. The third-order valence-electron chi connectivity index (χ3n) is 1.62. The van der Waals surface area contributed by atoms with Crippen LogP contribution in [0.15, 0.2) is 0 Å². The molecule has 0 unspecified atom stereocenters. The number of rotatable bonds is 6. The Labute approximate surface area is 78.3 Å². The predicted molar refractivity (Wildman–Crippen MR) is 49.6 cm³/mol. The summed E-state index contributed by atoms with van der Waals surface area (Å²) in [5, 5.41) is 11.6. The van der Waals surface area contributed by atoms with Gasteiger partial charge in [-0.3, -0.25) is 4.79 Å². The van der Waals surface area contributed by atoms with Gasteiger partial charge in [-0.1, -0.05) is 13.8 Å². The maximum atomic E-state index is 10.7. The van der Waals surface area contributed by atoms with E-state index in [0.29, 0.717) is 12.8 Å². The lowest BCUT2D eigenvalue weighted by Crippen LogP contribution is -2.41. The molecule has 0 spiro atoms. The molecule has 0 aromatic rings. The van der Waals surface area contributed by atoms with Gasteiger partial charge in [-0.05, 0) is 13.3 Å². The largest absolute Gasteiger partial charge is 0.480 e. The highest BCUT2D eigenvalue weighted by Gasteiger charge is 2.17. The van der Waals surface area contributed by atoms with Gasteiger partial charge < -0.3 is 15.2 Å². The van der Waals surface area contributed by atoms with Crippen molar-refractivity contribution < 1.29 is 14.7 Å². The van der Waals surface area contributed by atoms with Crippen LogP contribution in [0.1, 0.15) is 33.6 Å². The summed E-state index contributed by atoms with van der Waals surface area (Å²) in [6.07, 6.45) is 0.680. The molecule has 2 N–H and O–H groups in total. The summed E-state index contributed by atoms with van der Waals surface area (Å²) in [5.74, 6) is -0.869. The molecule has 4 nitrogen and oxygen atoms in total. The second-order valence-corrected chi connectivity index (χ2v) is 3.45. The molecular formula is C9H17NO3. The Balaban J connectivity index is 3.95. The fourth-order valence-electron chi connectivity index (χ4n) is 1.03. The van der Waals surface area contributed by atoms with E-state index in [4.69, 9.17) is 5.11 Å². The highest BCUT2D eigenvalue weighted by molar-refractivity contribution is 5.78. The average molecular weight is 187 g/mol. The molecule has 0 aliphatic heterocycles. The molecule has 0 heterocycles. The number of carboxylic acid groups (broad SMARTS) is 1. The zero-order valence-electron chi connectivity index (χ0n) is 8.33. The molecule has 13 heavy (non-hydrogen) atoms. The molecule has 0 aromatic carbocycles. The van der Waals surface area contributed by atoms with Gasteiger partial charge in [0.25, 0.3) is 0 Å². The quantitative estimate of drug-likeness (QED) is 0.645. The van der Waals surface area contributed by atoms with Gasteiger partial charge in [0.1, 0.15) is 11.8 Å². The van der Waals surface area contributed by atoms with Crippen LogP contribution in [0.5, 0.6) is 0 Å². The van der Waals surface area contributed by atoms with Gasteiger partial charge in [0.2, 0.25) is 0 Å². The first kappa shape index (κ1) is 12.1. The monoisotopic (exact) mass is 187 g/mol. The first-order valence-electron chi connectivity index (χ1n) is 4.41. The third kappa shape index (κ3) is 6.28. The number of aliphatic carboxylic acids is 1. The lowest BCUT2D eigenvalue weighted by molar-refractivity contribution is -0.139. The van der Waals surface area contributed by atoms with E-state index >= 15 is 0 Å². The maximum Gasteiger partial charge on any atom is 0.320 e. The number of hydrogen-bond acceptors (Lipinski definition) is 3. The minimum atomic E-state index is -0.894. The second kappa shape index (κ2) is 5.70. The molecule has 0 fully saturated rings. The number of nitrogens with one attached hydrogen (secondary N) is 1. The molecular weight excluding hydrogens is 170 g/mol. The zero-order valence-corrected chi connectivity index (χ0v) is 8.33. The summed E-state index contributed by atoms with van der Waals surface area (Å²) in [4.78, 5) is 21.3. The van der Waals surface area contributed by atoms with Gasteiger partial charge in [-0.25, -0.2) is 0 Å². The van der Waals surface area contributed by atoms with Gasteiger partial charge >= 0.3 is 5.97 Å². The molecule has 0 aromatic heterocycles. The molecule has 0 radical (unpaired) electrons. The molecule has 0 bridgehead atoms. The molecule has 1 atom stereocenters. The Morgan fingerprint density at radius 1 is 1.38 bits per heavy atom. The first-order chi connectivity index (χ1) is 5.93. The number of carbonyl (C=O) groups is 2. The molecule has 0 aliphatic rings. The Morgan fingerprint density at radius 2 is 1.92 bits per heavy atom. The molecule has 76 valence electrons. The van der Waals surface area contributed by atoms with Crippen LogP contribution in [0.2, 0.25) is 0 Å². The van der Waals surface area contributed by atoms with E-state index in [0.717, 1.165) is 0 Å². The summed E-state index contributed by atoms with van der Waals surface area (Å²) >= 11 is 0. The molecule has 0 saturated heterocycles. The van der Waals surface area contributed by atoms with Crippen molar-refractivity contribution >= 4 is 11.8 Å². The number of ketones is 1. The van der Waals surface area contributed by atoms with Crippen LogP contribution in [-0.4, -0.2) is 28.9 Å². The van der Waals surface area contributed by atoms with Crippen LogP contribution in [0.3, 0.4) is 0 Å². The fraction of sp³-hybridized carbons (Fsp3) is 0.778. The van der Waals surface area contributed by atoms with Crippen molar-refractivity contribution in [2.45, 2.75) is 45.7 Å². The summed E-state index contributed by atoms with van der Waals surface area (Å²) < 4.78 is 0. The molecule has 0 rings (SSSR count). The van der Waals surface area contributed by atoms with Crippen LogP contribution >= 0.6 is 0 Å². The minimum Gasteiger partial charge on any atom is -0.480 e. The van der Waals surface area contributed by atoms with Gasteiger partial charge in [-0.2, -0.15) is 0 Å². The van der Waals surface area contributed by atoms with Crippen molar-refractivity contribution in [1.82, 2.24) is 5.32 Å². The summed E-state index contributed by atoms with van der Waals surface area (Å²) in [5.41, 5.74) is 0. The fourth-order valence-corrected chi connectivity index (χ4v) is 1.03. The van der Waals surface area contributed by atoms with Crippen molar-refractivity contribution in [2.75, 3.05) is 0 Å². The summed E-state index contributed by atoms with van der Waals surface area (Å²) in [6, 6.07) is -0.489. The first-order valence-corrected chi connectivity index (χ1v) is 4.41. The standard InChI is InChI=1S/C9H17NO3/c1-6(2)10-8(9(12)13)5-4-7(3)11/h6,8,10H,4-5H2,1-3H3,(H,12,13)/t8-/m0/s1. The van der Waals surface area contributed by atoms with Gasteiger partial charge in [0.15, 0.2) is 0 Å². The highest BCUT2D eigenvalue weighted by Crippen LogP contribution is 1.99. The van der Waals surface area contributed by atoms with Crippen LogP contribution in [0, 0.1) is 0 Å². The lowest BCUT2D eigenvalue weighted by Gasteiger charge is -2.16. The van der Waals surface area contributed by atoms with Gasteiger partial charge in [0, 0.05) is 12.5 Å². The maximum absolute atomic E-state index is 10.7. The van der Waals surface area contributed by atoms with Crippen LogP contribution < -0.4 is 5.32 Å². The molecule has 0 saturated carbocycles. The topological polar surface area (TPSA) is 66.4 Å². The number of Topliss-reactive ketones (excluding diaryl/α,β-unsaturated/α-hetero) is 1. The van der Waals surface area contributed by atoms with E-state index in [1.54, 1.807) is 0 Å². The van der Waals surface area contributed by atoms with E-state index in [9.17, 15) is 9.59 Å². The van der Waals surface area contributed by atoms with Gasteiger partial charge in [0.05, 0.1) is 0 Å². The Hall–Kier alpha value is -0.900. The van der Waals surface area contributed by atoms with Crippen molar-refractivity contribution in [3.8, 4) is 0 Å². The van der Waals surface area contributed by atoms with Crippen molar-refractivity contribution in [2.24, 2.45) is 0 Å². The van der Waals surface area contributed by atoms with E-state index in [2.05, 4.69) is 5.32 Å². The van der Waals surface area contributed by atoms with Crippen LogP contribution in [-0.2, 0) is 9.59 Å². The van der Waals surface area contributed by atoms with E-state index in [1.165, 1.54) is 6.92 Å². The Bertz CT molecular complexity index is 189. The van der Waals surface area contributed by atoms with Crippen molar-refractivity contribution in [3.05, 3.63) is 0 Å². The zero-order chi connectivity index (χ0) is 10.4. The van der Waals surface area contributed by atoms with Crippen LogP contribution in [0.4, 0.5) is 0 Å². The normalized spacial score (nSPS) is 12.9. The second-order valence-electron chi connectivity index (χ2n) is 3.45. The highest BCUT2D eigenvalue weighted by atomic mass is 16.4. The van der Waals surface area contributed by atoms with Crippen molar-refractivity contribution in [1.29, 1.82) is 0 Å². The van der Waals surface area contributed by atoms with E-state index in [-0.39, 0.29) is 11.8 Å². The number of hydrogen-bond donors (Lipinski definition) is 2. The number of carbonyl (C=O) groups excluding carboxylic acids is 1. The molecule has 0 amide bonds. The van der Waals surface area contributed by atoms with E-state index < -0.39 is 12.0 Å². The van der Waals surface area contributed by atoms with Crippen LogP contribution in [0.25, 0.3) is 0 Å². The number of carboxylic acids is 1. The smallest absolute Gasteiger partial charge is 0.320 e. The minimum absolute atomic E-state index is 0.0248. The third-order valence-corrected chi connectivity index (χ3v) is 1.62. The SMILES string of the molecule is CC(=O)CC[C@H](NC(C)C)C(=O)O. The molecule has 0 aliphatic carbocycles. The summed E-state index contributed by atoms with van der Waals surface area (Å²) in [6.45, 7) is 5.22. The van der Waals surface area contributed by atoms with Gasteiger partial charge in [-0.15, -0.1) is 0 Å². The van der Waals surface area contributed by atoms with E-state index in [1.807, 2.05) is 13.8 Å². The lowest BCUT2D eigenvalue weighted by atomic mass is 10.1. The average Bonchev–Trinajstić information content (AvgIpc) is 1.96. The van der Waals surface area contributed by atoms with Crippen molar-refractivity contribution in [3.63, 3.8) is 0 Å². The summed E-state index contributed by atoms with van der Waals surface area (Å²) in [7, 11) is 0. The predicted octanol–water partition coefficient (Wildman–Crippen LogP) is 0.807. The Morgan fingerprint density at radius 3 is 2.23 bits per heavy atom. The Kier molecular flexibility index (Phi) is 5.30.